The first kappa shape index (κ1) is 17.2. The van der Waals surface area contributed by atoms with E-state index >= 15 is 0 Å². The van der Waals surface area contributed by atoms with Gasteiger partial charge in [-0.3, -0.25) is 4.79 Å². The largest absolute Gasteiger partial charge is 0.490 e. The van der Waals surface area contributed by atoms with E-state index in [2.05, 4.69) is 5.32 Å². The van der Waals surface area contributed by atoms with Gasteiger partial charge < -0.3 is 24.3 Å². The summed E-state index contributed by atoms with van der Waals surface area (Å²) in [7, 11) is 0. The van der Waals surface area contributed by atoms with E-state index in [1.165, 1.54) is 0 Å². The molecule has 2 aliphatic heterocycles. The van der Waals surface area contributed by atoms with E-state index in [0.29, 0.717) is 6.42 Å². The van der Waals surface area contributed by atoms with Crippen molar-refractivity contribution in [1.29, 1.82) is 0 Å². The van der Waals surface area contributed by atoms with Crippen molar-refractivity contribution in [3.8, 4) is 23.0 Å². The van der Waals surface area contributed by atoms with E-state index in [-0.39, 0.29) is 24.8 Å². The van der Waals surface area contributed by atoms with Crippen molar-refractivity contribution in [3.05, 3.63) is 48.0 Å². The maximum Gasteiger partial charge on any atom is 0.261 e. The number of hydrogen-bond donors (Lipinski definition) is 1. The SMILES string of the molecule is O=C(NC1CCC(Oc2ccc3c(c2)OCO3)CC1)C1Cc2ccccc2O1. The van der Waals surface area contributed by atoms with E-state index < -0.39 is 6.10 Å². The third-order valence-corrected chi connectivity index (χ3v) is 5.61. The second-order valence-electron chi connectivity index (χ2n) is 7.53. The standard InChI is InChI=1S/C22H23NO5/c24-22(21-11-14-3-1-2-4-18(14)28-21)23-15-5-7-16(8-6-15)27-17-9-10-19-20(12-17)26-13-25-19/h1-4,9-10,12,15-16,21H,5-8,11,13H2,(H,23,24). The zero-order chi connectivity index (χ0) is 18.9. The number of amides is 1. The molecule has 2 aromatic rings. The van der Waals surface area contributed by atoms with Crippen LogP contribution < -0.4 is 24.3 Å². The summed E-state index contributed by atoms with van der Waals surface area (Å²) in [6.07, 6.45) is 4.00. The molecule has 1 amide bonds. The summed E-state index contributed by atoms with van der Waals surface area (Å²) >= 11 is 0. The Morgan fingerprint density at radius 1 is 0.964 bits per heavy atom. The summed E-state index contributed by atoms with van der Waals surface area (Å²) in [5, 5.41) is 3.16. The van der Waals surface area contributed by atoms with Crippen molar-refractivity contribution >= 4 is 5.91 Å². The molecule has 6 nitrogen and oxygen atoms in total. The fourth-order valence-electron chi connectivity index (χ4n) is 4.09. The van der Waals surface area contributed by atoms with E-state index in [9.17, 15) is 4.79 Å². The smallest absolute Gasteiger partial charge is 0.261 e. The first-order valence-electron chi connectivity index (χ1n) is 9.86. The molecule has 2 aromatic carbocycles. The molecular formula is C22H23NO5. The molecule has 0 radical (unpaired) electrons. The number of carbonyl (C=O) groups is 1. The van der Waals surface area contributed by atoms with Gasteiger partial charge in [-0.2, -0.15) is 0 Å². The fourth-order valence-corrected chi connectivity index (χ4v) is 4.09. The van der Waals surface area contributed by atoms with Crippen molar-refractivity contribution in [2.75, 3.05) is 6.79 Å². The third kappa shape index (κ3) is 3.46. The van der Waals surface area contributed by atoms with Crippen LogP contribution in [0.25, 0.3) is 0 Å². The lowest BCUT2D eigenvalue weighted by Crippen LogP contribution is -2.45. The predicted molar refractivity (Wildman–Crippen MR) is 102 cm³/mol. The number of hydrogen-bond acceptors (Lipinski definition) is 5. The lowest BCUT2D eigenvalue weighted by molar-refractivity contribution is -0.128. The number of para-hydroxylation sites is 1. The first-order valence-corrected chi connectivity index (χ1v) is 9.86. The monoisotopic (exact) mass is 381 g/mol. The number of fused-ring (bicyclic) bond motifs is 2. The maximum atomic E-state index is 12.6. The molecule has 0 bridgehead atoms. The Labute approximate surface area is 163 Å². The summed E-state index contributed by atoms with van der Waals surface area (Å²) in [5.41, 5.74) is 1.10. The van der Waals surface area contributed by atoms with Gasteiger partial charge in [-0.25, -0.2) is 0 Å². The van der Waals surface area contributed by atoms with Crippen LogP contribution in [0.1, 0.15) is 31.2 Å². The molecule has 5 rings (SSSR count). The lowest BCUT2D eigenvalue weighted by atomic mass is 9.92. The van der Waals surface area contributed by atoms with Crippen LogP contribution in [-0.2, 0) is 11.2 Å². The summed E-state index contributed by atoms with van der Waals surface area (Å²) in [6, 6.07) is 13.7. The molecule has 1 fully saturated rings. The van der Waals surface area contributed by atoms with Gasteiger partial charge >= 0.3 is 0 Å². The Hall–Kier alpha value is -2.89. The highest BCUT2D eigenvalue weighted by atomic mass is 16.7. The van der Waals surface area contributed by atoms with Crippen LogP contribution in [-0.4, -0.2) is 30.9 Å². The Bertz CT molecular complexity index is 850. The quantitative estimate of drug-likeness (QED) is 0.881. The number of carbonyl (C=O) groups excluding carboxylic acids is 1. The van der Waals surface area contributed by atoms with E-state index in [4.69, 9.17) is 18.9 Å². The molecule has 1 N–H and O–H groups in total. The number of benzene rings is 2. The van der Waals surface area contributed by atoms with Crippen LogP contribution in [0, 0.1) is 0 Å². The summed E-state index contributed by atoms with van der Waals surface area (Å²) in [6.45, 7) is 0.263. The zero-order valence-corrected chi connectivity index (χ0v) is 15.6. The molecule has 1 saturated carbocycles. The second-order valence-corrected chi connectivity index (χ2v) is 7.53. The minimum absolute atomic E-state index is 0.0173. The Morgan fingerprint density at radius 2 is 1.79 bits per heavy atom. The molecule has 3 aliphatic rings. The maximum absolute atomic E-state index is 12.6. The normalized spacial score (nSPS) is 24.9. The summed E-state index contributed by atoms with van der Waals surface area (Å²) < 4.78 is 22.6. The van der Waals surface area contributed by atoms with Crippen molar-refractivity contribution < 1.29 is 23.7 Å². The summed E-state index contributed by atoms with van der Waals surface area (Å²) in [5.74, 6) is 3.10. The minimum atomic E-state index is -0.417. The fraction of sp³-hybridized carbons (Fsp3) is 0.409. The first-order chi connectivity index (χ1) is 13.7. The van der Waals surface area contributed by atoms with Gasteiger partial charge in [0.25, 0.3) is 5.91 Å². The number of nitrogens with one attached hydrogen (secondary N) is 1. The van der Waals surface area contributed by atoms with Crippen LogP contribution in [0.4, 0.5) is 0 Å². The Kier molecular flexibility index (Phi) is 4.47. The van der Waals surface area contributed by atoms with Crippen molar-refractivity contribution in [2.45, 2.75) is 50.4 Å². The zero-order valence-electron chi connectivity index (χ0n) is 15.6. The summed E-state index contributed by atoms with van der Waals surface area (Å²) in [4.78, 5) is 12.6. The molecule has 1 unspecified atom stereocenters. The molecule has 0 aromatic heterocycles. The number of ether oxygens (including phenoxy) is 4. The van der Waals surface area contributed by atoms with Crippen molar-refractivity contribution in [1.82, 2.24) is 5.32 Å². The molecule has 1 aliphatic carbocycles. The van der Waals surface area contributed by atoms with Crippen LogP contribution >= 0.6 is 0 Å². The van der Waals surface area contributed by atoms with Gasteiger partial charge in [0, 0.05) is 18.5 Å². The topological polar surface area (TPSA) is 66.0 Å². The third-order valence-electron chi connectivity index (χ3n) is 5.61. The van der Waals surface area contributed by atoms with Gasteiger partial charge in [0.1, 0.15) is 11.5 Å². The number of rotatable bonds is 4. The van der Waals surface area contributed by atoms with Crippen LogP contribution in [0.2, 0.25) is 0 Å². The molecular weight excluding hydrogens is 358 g/mol. The van der Waals surface area contributed by atoms with E-state index in [1.54, 1.807) is 0 Å². The molecule has 28 heavy (non-hydrogen) atoms. The molecule has 0 spiro atoms. The molecule has 0 saturated heterocycles. The minimum Gasteiger partial charge on any atom is -0.490 e. The molecule has 146 valence electrons. The highest BCUT2D eigenvalue weighted by molar-refractivity contribution is 5.82. The van der Waals surface area contributed by atoms with Crippen LogP contribution in [0.5, 0.6) is 23.0 Å². The van der Waals surface area contributed by atoms with Crippen molar-refractivity contribution in [2.24, 2.45) is 0 Å². The molecule has 1 atom stereocenters. The molecule has 6 heteroatoms. The second kappa shape index (κ2) is 7.26. The van der Waals surface area contributed by atoms with Gasteiger partial charge in [0.15, 0.2) is 17.6 Å². The average molecular weight is 381 g/mol. The highest BCUT2D eigenvalue weighted by Crippen LogP contribution is 2.36. The van der Waals surface area contributed by atoms with E-state index in [0.717, 1.165) is 54.2 Å². The molecule has 2 heterocycles. The van der Waals surface area contributed by atoms with Gasteiger partial charge in [-0.1, -0.05) is 18.2 Å². The predicted octanol–water partition coefficient (Wildman–Crippen LogP) is 3.23. The van der Waals surface area contributed by atoms with E-state index in [1.807, 2.05) is 42.5 Å². The van der Waals surface area contributed by atoms with Crippen LogP contribution in [0.15, 0.2) is 42.5 Å². The Morgan fingerprint density at radius 3 is 2.64 bits per heavy atom. The Balaban J connectivity index is 1.10. The highest BCUT2D eigenvalue weighted by Gasteiger charge is 2.31. The lowest BCUT2D eigenvalue weighted by Gasteiger charge is -2.30. The van der Waals surface area contributed by atoms with Crippen LogP contribution in [0.3, 0.4) is 0 Å². The van der Waals surface area contributed by atoms with Gasteiger partial charge in [-0.05, 0) is 49.4 Å². The average Bonchev–Trinajstić information content (AvgIpc) is 3.35. The van der Waals surface area contributed by atoms with Gasteiger partial charge in [0.2, 0.25) is 6.79 Å². The van der Waals surface area contributed by atoms with Gasteiger partial charge in [-0.15, -0.1) is 0 Å². The van der Waals surface area contributed by atoms with Crippen molar-refractivity contribution in [3.63, 3.8) is 0 Å². The van der Waals surface area contributed by atoms with Gasteiger partial charge in [0.05, 0.1) is 6.10 Å².